The van der Waals surface area contributed by atoms with Crippen LogP contribution in [0, 0.1) is 5.41 Å². The number of hydrogen-bond donors (Lipinski definition) is 0. The smallest absolute Gasteiger partial charge is 0.00701 e. The normalized spacial score (nSPS) is 15.5. The Balaban J connectivity index is 5.25. The molecular weight excluding hydrogens is 307 g/mol. The highest BCUT2D eigenvalue weighted by atomic mass is 35.7. The van der Waals surface area contributed by atoms with Crippen molar-refractivity contribution in [1.82, 2.24) is 0 Å². The van der Waals surface area contributed by atoms with Crippen molar-refractivity contribution in [3.63, 3.8) is 0 Å². The summed E-state index contributed by atoms with van der Waals surface area (Å²) in [7, 11) is 0.586. The molecule has 0 N–H and O–H groups in total. The first-order valence-electron chi connectivity index (χ1n) is 9.93. The van der Waals surface area contributed by atoms with Gasteiger partial charge in [-0.1, -0.05) is 104 Å². The Morgan fingerprint density at radius 2 is 1.05 bits per heavy atom. The summed E-state index contributed by atoms with van der Waals surface area (Å²) in [6, 6.07) is 0. The first kappa shape index (κ1) is 22.7. The zero-order valence-corrected chi connectivity index (χ0v) is 17.8. The average Bonchev–Trinajstić information content (AvgIpc) is 2.53. The molecule has 0 bridgehead atoms. The van der Waals surface area contributed by atoms with Crippen molar-refractivity contribution < 1.29 is 0 Å². The predicted octanol–water partition coefficient (Wildman–Crippen LogP) is 8.71. The van der Waals surface area contributed by atoms with Gasteiger partial charge in [0.15, 0.2) is 0 Å². The molecule has 2 atom stereocenters. The number of halogens is 1. The number of unbranched alkanes of at least 4 members (excludes halogenated alkanes) is 5. The van der Waals surface area contributed by atoms with E-state index >= 15 is 0 Å². The van der Waals surface area contributed by atoms with Crippen molar-refractivity contribution in [2.24, 2.45) is 5.41 Å². The summed E-state index contributed by atoms with van der Waals surface area (Å²) in [6.07, 6.45) is 17.5. The van der Waals surface area contributed by atoms with E-state index in [9.17, 15) is 0 Å². The molecule has 0 aliphatic rings. The fourth-order valence-electron chi connectivity index (χ4n) is 3.83. The van der Waals surface area contributed by atoms with Crippen molar-refractivity contribution in [1.29, 1.82) is 0 Å². The lowest BCUT2D eigenvalue weighted by molar-refractivity contribution is 0.149. The maximum atomic E-state index is 6.70. The van der Waals surface area contributed by atoms with Gasteiger partial charge in [-0.05, 0) is 39.0 Å². The van der Waals surface area contributed by atoms with E-state index in [2.05, 4.69) is 34.6 Å². The third-order valence-electron chi connectivity index (χ3n) is 5.66. The van der Waals surface area contributed by atoms with Gasteiger partial charge in [-0.2, -0.15) is 0 Å². The topological polar surface area (TPSA) is 0 Å². The molecule has 0 heterocycles. The lowest BCUT2D eigenvalue weighted by atomic mass is 9.66. The maximum absolute atomic E-state index is 6.70. The molecule has 0 aliphatic heterocycles. The van der Waals surface area contributed by atoms with Crippen LogP contribution in [0.25, 0.3) is 0 Å². The molecule has 22 heavy (non-hydrogen) atoms. The van der Waals surface area contributed by atoms with E-state index in [-0.39, 0.29) is 0 Å². The minimum absolute atomic E-state index is 0.392. The molecule has 0 aliphatic carbocycles. The molecule has 134 valence electrons. The molecular formula is C20H42ClP. The summed E-state index contributed by atoms with van der Waals surface area (Å²) in [5.74, 6) is 0. The van der Waals surface area contributed by atoms with Crippen molar-refractivity contribution in [2.45, 2.75) is 123 Å². The largest absolute Gasteiger partial charge is 0.0995 e. The zero-order valence-electron chi connectivity index (χ0n) is 16.1. The third kappa shape index (κ3) is 7.09. The van der Waals surface area contributed by atoms with Gasteiger partial charge in [0.25, 0.3) is 0 Å². The monoisotopic (exact) mass is 348 g/mol. The molecule has 0 rings (SSSR count). The first-order chi connectivity index (χ1) is 10.6. The highest BCUT2D eigenvalue weighted by Gasteiger charge is 2.45. The van der Waals surface area contributed by atoms with Crippen molar-refractivity contribution in [3.05, 3.63) is 0 Å². The highest BCUT2D eigenvalue weighted by molar-refractivity contribution is 7.69. The molecule has 2 heteroatoms. The molecule has 0 radical (unpaired) electrons. The molecule has 0 fully saturated rings. The second kappa shape index (κ2) is 13.1. The van der Waals surface area contributed by atoms with Crippen LogP contribution in [0.15, 0.2) is 0 Å². The van der Waals surface area contributed by atoms with Gasteiger partial charge in [0.1, 0.15) is 0 Å². The van der Waals surface area contributed by atoms with Crippen LogP contribution in [-0.4, -0.2) is 5.16 Å². The molecule has 0 aromatic heterocycles. The van der Waals surface area contributed by atoms with E-state index in [4.69, 9.17) is 11.2 Å². The summed E-state index contributed by atoms with van der Waals surface area (Å²) in [6.45, 7) is 11.9. The molecule has 0 nitrogen and oxygen atoms in total. The third-order valence-corrected chi connectivity index (χ3v) is 8.22. The zero-order chi connectivity index (χ0) is 16.9. The van der Waals surface area contributed by atoms with Crippen LogP contribution in [0.5, 0.6) is 0 Å². The summed E-state index contributed by atoms with van der Waals surface area (Å²) >= 11 is 6.70. The molecule has 0 saturated carbocycles. The molecule has 2 unspecified atom stereocenters. The number of hydrogen-bond acceptors (Lipinski definition) is 0. The minimum atomic E-state index is 0.392. The van der Waals surface area contributed by atoms with E-state index in [0.29, 0.717) is 18.5 Å². The van der Waals surface area contributed by atoms with Crippen molar-refractivity contribution in [3.8, 4) is 0 Å². The fourth-order valence-corrected chi connectivity index (χ4v) is 6.10. The molecule has 0 aromatic rings. The van der Waals surface area contributed by atoms with E-state index in [1.165, 1.54) is 83.5 Å². The Morgan fingerprint density at radius 3 is 1.45 bits per heavy atom. The van der Waals surface area contributed by atoms with Gasteiger partial charge in [-0.25, -0.2) is 0 Å². The van der Waals surface area contributed by atoms with Gasteiger partial charge >= 0.3 is 0 Å². The van der Waals surface area contributed by atoms with Gasteiger partial charge in [-0.3, -0.25) is 0 Å². The van der Waals surface area contributed by atoms with Crippen LogP contribution in [-0.2, 0) is 0 Å². The molecule has 0 saturated heterocycles. The van der Waals surface area contributed by atoms with Crippen LogP contribution in [0.2, 0.25) is 0 Å². The van der Waals surface area contributed by atoms with Crippen LogP contribution in [0.4, 0.5) is 0 Å². The van der Waals surface area contributed by atoms with E-state index in [1.54, 1.807) is 0 Å². The Labute approximate surface area is 148 Å². The quantitative estimate of drug-likeness (QED) is 0.205. The summed E-state index contributed by atoms with van der Waals surface area (Å²) < 4.78 is 0. The Hall–Kier alpha value is 0.720. The molecule has 0 aromatic carbocycles. The first-order valence-corrected chi connectivity index (χ1v) is 11.9. The number of rotatable bonds is 15. The Bertz CT molecular complexity index is 246. The van der Waals surface area contributed by atoms with Gasteiger partial charge in [-0.15, -0.1) is 0 Å². The minimum Gasteiger partial charge on any atom is -0.0995 e. The Morgan fingerprint density at radius 1 is 0.636 bits per heavy atom. The standard InChI is InChI=1S/C20H42ClP/c1-6-10-14-16-19(5,15-11-7-2)20(22-21,17-12-8-3)18-13-9-4/h22H,6-18H2,1-5H3. The average molecular weight is 349 g/mol. The van der Waals surface area contributed by atoms with E-state index in [1.807, 2.05) is 0 Å². The summed E-state index contributed by atoms with van der Waals surface area (Å²) in [5, 5.41) is 0.392. The maximum Gasteiger partial charge on any atom is 0.00701 e. The summed E-state index contributed by atoms with van der Waals surface area (Å²) in [4.78, 5) is 0. The van der Waals surface area contributed by atoms with Gasteiger partial charge in [0.05, 0.1) is 0 Å². The van der Waals surface area contributed by atoms with Crippen LogP contribution in [0.3, 0.4) is 0 Å². The van der Waals surface area contributed by atoms with Crippen molar-refractivity contribution >= 4 is 19.2 Å². The summed E-state index contributed by atoms with van der Waals surface area (Å²) in [5.41, 5.74) is 0.447. The predicted molar refractivity (Wildman–Crippen MR) is 108 cm³/mol. The Kier molecular flexibility index (Phi) is 13.5. The van der Waals surface area contributed by atoms with E-state index in [0.717, 1.165) is 0 Å². The highest BCUT2D eigenvalue weighted by Crippen LogP contribution is 2.59. The van der Waals surface area contributed by atoms with Crippen LogP contribution >= 0.6 is 19.2 Å². The lowest BCUT2D eigenvalue weighted by Gasteiger charge is -2.49. The second-order valence-corrected chi connectivity index (χ2v) is 9.22. The van der Waals surface area contributed by atoms with Crippen LogP contribution < -0.4 is 0 Å². The van der Waals surface area contributed by atoms with E-state index < -0.39 is 0 Å². The second-order valence-electron chi connectivity index (χ2n) is 7.51. The van der Waals surface area contributed by atoms with Gasteiger partial charge < -0.3 is 0 Å². The fraction of sp³-hybridized carbons (Fsp3) is 1.00. The molecule has 0 spiro atoms. The van der Waals surface area contributed by atoms with Gasteiger partial charge in [0.2, 0.25) is 0 Å². The van der Waals surface area contributed by atoms with Gasteiger partial charge in [0, 0.05) is 5.16 Å². The van der Waals surface area contributed by atoms with Crippen LogP contribution in [0.1, 0.15) is 118 Å². The lowest BCUT2D eigenvalue weighted by Crippen LogP contribution is -2.42. The SMILES string of the molecule is CCCCCC(C)(CCCC)C(CCCC)(CCCC)PCl. The molecule has 0 amide bonds. The van der Waals surface area contributed by atoms with Crippen molar-refractivity contribution in [2.75, 3.05) is 0 Å².